The van der Waals surface area contributed by atoms with E-state index in [0.29, 0.717) is 11.3 Å². The summed E-state index contributed by atoms with van der Waals surface area (Å²) in [5.41, 5.74) is 11.0. The van der Waals surface area contributed by atoms with Crippen molar-refractivity contribution in [2.24, 2.45) is 11.7 Å². The van der Waals surface area contributed by atoms with Gasteiger partial charge in [-0.2, -0.15) is 0 Å². The van der Waals surface area contributed by atoms with Crippen molar-refractivity contribution in [2.45, 2.75) is 38.7 Å². The van der Waals surface area contributed by atoms with E-state index in [1.165, 1.54) is 6.92 Å². The van der Waals surface area contributed by atoms with Crippen molar-refractivity contribution in [3.63, 3.8) is 0 Å². The van der Waals surface area contributed by atoms with Gasteiger partial charge in [-0.3, -0.25) is 14.2 Å². The van der Waals surface area contributed by atoms with E-state index >= 15 is 0 Å². The summed E-state index contributed by atoms with van der Waals surface area (Å²) in [6, 6.07) is 35.1. The van der Waals surface area contributed by atoms with Gasteiger partial charge in [-0.1, -0.05) is 127 Å². The third kappa shape index (κ3) is 11.0. The van der Waals surface area contributed by atoms with Crippen molar-refractivity contribution >= 4 is 36.1 Å². The summed E-state index contributed by atoms with van der Waals surface area (Å²) < 4.78 is 26.1. The minimum Gasteiger partial charge on any atom is -0.459 e. The first-order valence-electron chi connectivity index (χ1n) is 15.5. The summed E-state index contributed by atoms with van der Waals surface area (Å²) >= 11 is 1.06. The predicted octanol–water partition coefficient (Wildman–Crippen LogP) is 6.99. The smallest absolute Gasteiger partial charge is 0.328 e. The predicted molar refractivity (Wildman–Crippen MR) is 188 cm³/mol. The first kappa shape index (κ1) is 35.8. The Kier molecular flexibility index (Phi) is 13.6. The number of benzene rings is 4. The zero-order chi connectivity index (χ0) is 33.6. The molecule has 0 aromatic heterocycles. The third-order valence-corrected chi connectivity index (χ3v) is 11.1. The number of nitrogens with one attached hydrogen (secondary N) is 1. The highest BCUT2D eigenvalue weighted by atomic mass is 32.2. The molecule has 4 aromatic carbocycles. The van der Waals surface area contributed by atoms with Gasteiger partial charge < -0.3 is 20.3 Å². The molecular formula is C37H41N2O6PS. The lowest BCUT2D eigenvalue weighted by molar-refractivity contribution is -0.148. The summed E-state index contributed by atoms with van der Waals surface area (Å²) in [4.78, 5) is 38.3. The molecule has 0 saturated heterocycles. The standard InChI is InChI=1S/C37H41N2O6PS/c1-27(37(42)44-25-30-12-6-3-7-13-30)39-36(41)34(24-29-18-20-32(21-19-29)31-14-8-4-9-15-31)26-46(43,45-22-23-47-28(2)40)35(38)33-16-10-5-11-17-33/h3-21,27,34-35H,22-26,38H2,1-2H3,(H,39,41). The number of hydrogen-bond acceptors (Lipinski definition) is 8. The van der Waals surface area contributed by atoms with Crippen LogP contribution in [-0.2, 0) is 41.2 Å². The maximum atomic E-state index is 14.7. The van der Waals surface area contributed by atoms with Crippen LogP contribution in [0, 0.1) is 5.92 Å². The van der Waals surface area contributed by atoms with Crippen LogP contribution in [0.1, 0.15) is 36.3 Å². The van der Waals surface area contributed by atoms with Crippen molar-refractivity contribution in [1.82, 2.24) is 5.32 Å². The molecule has 10 heteroatoms. The molecule has 1 amide bonds. The molecule has 0 aliphatic rings. The topological polar surface area (TPSA) is 125 Å². The number of thioether (sulfide) groups is 1. The molecule has 0 aliphatic carbocycles. The lowest BCUT2D eigenvalue weighted by Gasteiger charge is -2.29. The van der Waals surface area contributed by atoms with Crippen LogP contribution in [0.15, 0.2) is 115 Å². The molecule has 0 saturated carbocycles. The number of rotatable bonds is 16. The molecule has 4 unspecified atom stereocenters. The molecule has 47 heavy (non-hydrogen) atoms. The van der Waals surface area contributed by atoms with Gasteiger partial charge in [-0.25, -0.2) is 4.79 Å². The molecule has 0 spiro atoms. The Balaban J connectivity index is 1.57. The first-order chi connectivity index (χ1) is 22.6. The van der Waals surface area contributed by atoms with E-state index in [2.05, 4.69) is 5.32 Å². The zero-order valence-corrected chi connectivity index (χ0v) is 28.3. The average Bonchev–Trinajstić information content (AvgIpc) is 3.10. The summed E-state index contributed by atoms with van der Waals surface area (Å²) in [7, 11) is -3.74. The second-order valence-electron chi connectivity index (χ2n) is 11.2. The number of ether oxygens (including phenoxy) is 1. The SMILES string of the molecule is CC(=O)SCCOP(=O)(CC(Cc1ccc(-c2ccccc2)cc1)C(=O)NC(C)C(=O)OCc1ccccc1)C(N)c1ccccc1. The van der Waals surface area contributed by atoms with Crippen molar-refractivity contribution < 1.29 is 28.2 Å². The molecule has 0 radical (unpaired) electrons. The van der Waals surface area contributed by atoms with Gasteiger partial charge in [0.25, 0.3) is 0 Å². The van der Waals surface area contributed by atoms with E-state index in [1.807, 2.05) is 91.0 Å². The van der Waals surface area contributed by atoms with Gasteiger partial charge in [-0.15, -0.1) is 0 Å². The van der Waals surface area contributed by atoms with E-state index in [1.54, 1.807) is 31.2 Å². The van der Waals surface area contributed by atoms with Crippen LogP contribution in [0.25, 0.3) is 11.1 Å². The Morgan fingerprint density at radius 3 is 2.00 bits per heavy atom. The molecule has 0 bridgehead atoms. The molecule has 4 atom stereocenters. The Hall–Kier alpha value is -4.01. The van der Waals surface area contributed by atoms with Gasteiger partial charge in [0.1, 0.15) is 18.4 Å². The molecule has 3 N–H and O–H groups in total. The van der Waals surface area contributed by atoms with Gasteiger partial charge in [-0.05, 0) is 41.2 Å². The van der Waals surface area contributed by atoms with E-state index in [4.69, 9.17) is 15.0 Å². The van der Waals surface area contributed by atoms with Gasteiger partial charge in [0.05, 0.1) is 12.5 Å². The molecule has 4 aromatic rings. The lowest BCUT2D eigenvalue weighted by Crippen LogP contribution is -2.44. The first-order valence-corrected chi connectivity index (χ1v) is 18.3. The van der Waals surface area contributed by atoms with Crippen LogP contribution in [0.4, 0.5) is 0 Å². The normalized spacial score (nSPS) is 14.3. The fourth-order valence-electron chi connectivity index (χ4n) is 5.04. The Bertz CT molecular complexity index is 1640. The fourth-order valence-corrected chi connectivity index (χ4v) is 8.05. The van der Waals surface area contributed by atoms with Crippen LogP contribution < -0.4 is 11.1 Å². The fraction of sp³-hybridized carbons (Fsp3) is 0.270. The largest absolute Gasteiger partial charge is 0.459 e. The maximum Gasteiger partial charge on any atom is 0.328 e. The lowest BCUT2D eigenvalue weighted by atomic mass is 9.97. The molecule has 8 nitrogen and oxygen atoms in total. The minimum atomic E-state index is -3.74. The number of esters is 1. The second kappa shape index (κ2) is 17.8. The van der Waals surface area contributed by atoms with Crippen molar-refractivity contribution in [2.75, 3.05) is 18.5 Å². The van der Waals surface area contributed by atoms with Crippen LogP contribution in [0.5, 0.6) is 0 Å². The molecule has 0 fully saturated rings. The highest BCUT2D eigenvalue weighted by Gasteiger charge is 2.38. The van der Waals surface area contributed by atoms with Crippen LogP contribution in [-0.4, -0.2) is 41.6 Å². The van der Waals surface area contributed by atoms with Gasteiger partial charge in [0.15, 0.2) is 5.12 Å². The number of hydrogen-bond donors (Lipinski definition) is 2. The highest BCUT2D eigenvalue weighted by molar-refractivity contribution is 8.13. The van der Waals surface area contributed by atoms with Gasteiger partial charge in [0.2, 0.25) is 13.3 Å². The van der Waals surface area contributed by atoms with Crippen LogP contribution in [0.3, 0.4) is 0 Å². The molecule has 246 valence electrons. The number of carbonyl (C=O) groups is 3. The monoisotopic (exact) mass is 672 g/mol. The summed E-state index contributed by atoms with van der Waals surface area (Å²) in [6.45, 7) is 3.10. The van der Waals surface area contributed by atoms with E-state index in [-0.39, 0.29) is 30.9 Å². The second-order valence-corrected chi connectivity index (χ2v) is 15.1. The number of amides is 1. The van der Waals surface area contributed by atoms with Crippen LogP contribution >= 0.6 is 19.1 Å². The molecule has 0 aliphatic heterocycles. The van der Waals surface area contributed by atoms with Gasteiger partial charge in [0, 0.05) is 18.8 Å². The summed E-state index contributed by atoms with van der Waals surface area (Å²) in [5.74, 6) is -2.63. The highest BCUT2D eigenvalue weighted by Crippen LogP contribution is 2.58. The Morgan fingerprint density at radius 1 is 0.809 bits per heavy atom. The maximum absolute atomic E-state index is 14.7. The van der Waals surface area contributed by atoms with Crippen molar-refractivity contribution in [3.05, 3.63) is 132 Å². The van der Waals surface area contributed by atoms with Crippen molar-refractivity contribution in [1.29, 1.82) is 0 Å². The Morgan fingerprint density at radius 2 is 1.38 bits per heavy atom. The Labute approximate surface area is 280 Å². The van der Waals surface area contributed by atoms with Crippen molar-refractivity contribution in [3.8, 4) is 11.1 Å². The quantitative estimate of drug-likeness (QED) is 0.0742. The van der Waals surface area contributed by atoms with Crippen LogP contribution in [0.2, 0.25) is 0 Å². The zero-order valence-electron chi connectivity index (χ0n) is 26.6. The van der Waals surface area contributed by atoms with E-state index in [0.717, 1.165) is 34.0 Å². The number of carbonyl (C=O) groups excluding carboxylic acids is 3. The number of nitrogens with two attached hydrogens (primary N) is 1. The van der Waals surface area contributed by atoms with E-state index < -0.39 is 37.0 Å². The average molecular weight is 673 g/mol. The van der Waals surface area contributed by atoms with E-state index in [9.17, 15) is 18.9 Å². The summed E-state index contributed by atoms with van der Waals surface area (Å²) in [5, 5.41) is 2.69. The van der Waals surface area contributed by atoms with Gasteiger partial charge >= 0.3 is 5.97 Å². The minimum absolute atomic E-state index is 0.0182. The molecule has 0 heterocycles. The third-order valence-electron chi connectivity index (χ3n) is 7.59. The molecular weight excluding hydrogens is 631 g/mol. The molecule has 4 rings (SSSR count). The summed E-state index contributed by atoms with van der Waals surface area (Å²) in [6.07, 6.45) is 0.0512.